The van der Waals surface area contributed by atoms with Gasteiger partial charge in [0, 0.05) is 0 Å². The van der Waals surface area contributed by atoms with Gasteiger partial charge in [-0.1, -0.05) is 103 Å². The topological polar surface area (TPSA) is 18.5 Å². The molecule has 1 aliphatic heterocycles. The Kier molecular flexibility index (Phi) is 4.45. The molecule has 1 saturated heterocycles. The highest BCUT2D eigenvalue weighted by molar-refractivity contribution is 6.63. The van der Waals surface area contributed by atoms with Crippen molar-refractivity contribution in [1.29, 1.82) is 0 Å². The summed E-state index contributed by atoms with van der Waals surface area (Å²) < 4.78 is 13.2. The van der Waals surface area contributed by atoms with E-state index >= 15 is 0 Å². The Morgan fingerprint density at radius 1 is 0.463 bits per heavy atom. The van der Waals surface area contributed by atoms with Crippen LogP contribution in [0.25, 0.3) is 75.8 Å². The fraction of sp³-hybridized carbons (Fsp3) is 0.158. The van der Waals surface area contributed by atoms with Gasteiger partial charge in [-0.05, 0) is 109 Å². The van der Waals surface area contributed by atoms with Gasteiger partial charge in [-0.15, -0.1) is 0 Å². The number of rotatable bonds is 2. The normalized spacial score (nSPS) is 16.9. The van der Waals surface area contributed by atoms with E-state index in [1.165, 1.54) is 75.8 Å². The van der Waals surface area contributed by atoms with Gasteiger partial charge in [-0.3, -0.25) is 0 Å². The summed E-state index contributed by atoms with van der Waals surface area (Å²) in [7, 11) is -0.436. The van der Waals surface area contributed by atoms with Crippen LogP contribution < -0.4 is 5.46 Å². The smallest absolute Gasteiger partial charge is 0.399 e. The van der Waals surface area contributed by atoms with E-state index in [2.05, 4.69) is 131 Å². The van der Waals surface area contributed by atoms with Crippen molar-refractivity contribution in [2.45, 2.75) is 38.9 Å². The summed E-state index contributed by atoms with van der Waals surface area (Å²) in [5.41, 5.74) is 2.77. The molecule has 2 nitrogen and oxygen atoms in total. The predicted molar refractivity (Wildman–Crippen MR) is 175 cm³/mol. The van der Waals surface area contributed by atoms with Crippen molar-refractivity contribution in [2.75, 3.05) is 0 Å². The van der Waals surface area contributed by atoms with Gasteiger partial charge in [0.2, 0.25) is 0 Å². The second kappa shape index (κ2) is 7.76. The third-order valence-corrected chi connectivity index (χ3v) is 9.95. The van der Waals surface area contributed by atoms with Crippen molar-refractivity contribution >= 4 is 77.2 Å². The number of hydrogen-bond donors (Lipinski definition) is 0. The lowest BCUT2D eigenvalue weighted by Gasteiger charge is -2.32. The average Bonchev–Trinajstić information content (AvgIpc) is 3.56. The third-order valence-electron chi connectivity index (χ3n) is 9.95. The van der Waals surface area contributed by atoms with Gasteiger partial charge in [0.1, 0.15) is 0 Å². The zero-order valence-electron chi connectivity index (χ0n) is 23.7. The first kappa shape index (κ1) is 23.5. The van der Waals surface area contributed by atoms with Crippen LogP contribution in [-0.2, 0) is 9.31 Å². The van der Waals surface area contributed by atoms with Crippen molar-refractivity contribution in [1.82, 2.24) is 0 Å². The van der Waals surface area contributed by atoms with Crippen LogP contribution in [0.4, 0.5) is 0 Å². The Morgan fingerprint density at radius 3 is 1.73 bits per heavy atom. The minimum Gasteiger partial charge on any atom is -0.399 e. The lowest BCUT2D eigenvalue weighted by Crippen LogP contribution is -2.41. The molecular formula is C38H29BO2. The highest BCUT2D eigenvalue weighted by atomic mass is 16.7. The minimum atomic E-state index is -0.436. The van der Waals surface area contributed by atoms with Gasteiger partial charge >= 0.3 is 7.12 Å². The van der Waals surface area contributed by atoms with E-state index in [0.717, 1.165) is 5.46 Å². The van der Waals surface area contributed by atoms with Gasteiger partial charge < -0.3 is 9.31 Å². The molecule has 0 unspecified atom stereocenters. The molecule has 0 saturated carbocycles. The summed E-state index contributed by atoms with van der Waals surface area (Å²) >= 11 is 0. The summed E-state index contributed by atoms with van der Waals surface area (Å²) in [5.74, 6) is 0. The van der Waals surface area contributed by atoms with Gasteiger partial charge in [0.15, 0.2) is 0 Å². The predicted octanol–water partition coefficient (Wildman–Crippen LogP) is 9.45. The molecule has 0 atom stereocenters. The maximum absolute atomic E-state index is 6.62. The molecular weight excluding hydrogens is 499 g/mol. The molecule has 0 bridgehead atoms. The molecule has 1 fully saturated rings. The third kappa shape index (κ3) is 2.95. The van der Waals surface area contributed by atoms with Gasteiger partial charge in [-0.25, -0.2) is 0 Å². The van der Waals surface area contributed by atoms with E-state index in [1.807, 2.05) is 0 Å². The first-order valence-electron chi connectivity index (χ1n) is 14.5. The van der Waals surface area contributed by atoms with Crippen LogP contribution in [0.5, 0.6) is 0 Å². The fourth-order valence-electron chi connectivity index (χ4n) is 7.37. The largest absolute Gasteiger partial charge is 0.494 e. The second-order valence-electron chi connectivity index (χ2n) is 12.7. The van der Waals surface area contributed by atoms with Gasteiger partial charge in [0.05, 0.1) is 11.2 Å². The molecule has 0 N–H and O–H groups in total. The van der Waals surface area contributed by atoms with E-state index in [-0.39, 0.29) is 0 Å². The van der Waals surface area contributed by atoms with Gasteiger partial charge in [0.25, 0.3) is 0 Å². The number of benzene rings is 6. The summed E-state index contributed by atoms with van der Waals surface area (Å²) in [5, 5.41) is 15.8. The number of fused-ring (bicyclic) bond motifs is 7. The van der Waals surface area contributed by atoms with E-state index in [4.69, 9.17) is 9.31 Å². The summed E-state index contributed by atoms with van der Waals surface area (Å²) in [6.07, 6.45) is 0. The molecule has 8 aromatic carbocycles. The van der Waals surface area contributed by atoms with Crippen molar-refractivity contribution in [3.63, 3.8) is 0 Å². The summed E-state index contributed by atoms with van der Waals surface area (Å²) in [6, 6.07) is 38.0. The SMILES string of the molecule is CC1(C)OB(c2cc3c(-c4ccccc4)c4c5cccc6cccc(c65)c4c4c5ccccc5c(c2)c34)OC1(C)C. The Bertz CT molecular complexity index is 2300. The van der Waals surface area contributed by atoms with Gasteiger partial charge in [-0.2, -0.15) is 0 Å². The lowest BCUT2D eigenvalue weighted by molar-refractivity contribution is 0.00578. The van der Waals surface area contributed by atoms with Crippen LogP contribution in [0.1, 0.15) is 27.7 Å². The Morgan fingerprint density at radius 2 is 1.02 bits per heavy atom. The summed E-state index contributed by atoms with van der Waals surface area (Å²) in [4.78, 5) is 0. The highest BCUT2D eigenvalue weighted by Gasteiger charge is 2.52. The molecule has 41 heavy (non-hydrogen) atoms. The van der Waals surface area contributed by atoms with Crippen LogP contribution in [0.2, 0.25) is 0 Å². The molecule has 8 aromatic rings. The quantitative estimate of drug-likeness (QED) is 0.208. The van der Waals surface area contributed by atoms with Crippen LogP contribution in [-0.4, -0.2) is 18.3 Å². The summed E-state index contributed by atoms with van der Waals surface area (Å²) in [6.45, 7) is 8.50. The standard InChI is InChI=1S/C38H29BO2/c1-37(2)38(3,4)41-39(40-37)24-20-29-25-16-8-9-17-26(25)34-33(29)30(21-24)32(23-12-6-5-7-13-23)35-27-18-10-14-22-15-11-19-28(31(22)27)36(34)35/h5-21H,1-4H3. The van der Waals surface area contributed by atoms with Crippen LogP contribution in [0.15, 0.2) is 103 Å². The van der Waals surface area contributed by atoms with Crippen molar-refractivity contribution in [3.05, 3.63) is 103 Å². The van der Waals surface area contributed by atoms with Crippen molar-refractivity contribution in [3.8, 4) is 11.1 Å². The monoisotopic (exact) mass is 528 g/mol. The zero-order chi connectivity index (χ0) is 27.7. The zero-order valence-corrected chi connectivity index (χ0v) is 23.7. The lowest BCUT2D eigenvalue weighted by atomic mass is 9.76. The molecule has 0 aromatic heterocycles. The van der Waals surface area contributed by atoms with E-state index in [1.54, 1.807) is 0 Å². The fourth-order valence-corrected chi connectivity index (χ4v) is 7.37. The molecule has 0 radical (unpaired) electrons. The molecule has 3 heteroatoms. The Hall–Kier alpha value is -4.18. The molecule has 196 valence electrons. The molecule has 0 aliphatic carbocycles. The van der Waals surface area contributed by atoms with Crippen LogP contribution in [0, 0.1) is 0 Å². The Labute approximate surface area is 239 Å². The average molecular weight is 528 g/mol. The van der Waals surface area contributed by atoms with E-state index < -0.39 is 18.3 Å². The van der Waals surface area contributed by atoms with Crippen molar-refractivity contribution < 1.29 is 9.31 Å². The van der Waals surface area contributed by atoms with E-state index in [9.17, 15) is 0 Å². The molecule has 9 rings (SSSR count). The van der Waals surface area contributed by atoms with E-state index in [0.29, 0.717) is 0 Å². The number of hydrogen-bond acceptors (Lipinski definition) is 2. The molecule has 1 aliphatic rings. The maximum Gasteiger partial charge on any atom is 0.494 e. The molecule has 0 amide bonds. The maximum atomic E-state index is 6.62. The first-order valence-corrected chi connectivity index (χ1v) is 14.5. The Balaban J connectivity index is 1.56. The van der Waals surface area contributed by atoms with Crippen LogP contribution >= 0.6 is 0 Å². The minimum absolute atomic E-state index is 0.409. The highest BCUT2D eigenvalue weighted by Crippen LogP contribution is 2.52. The van der Waals surface area contributed by atoms with Crippen LogP contribution in [0.3, 0.4) is 0 Å². The second-order valence-corrected chi connectivity index (χ2v) is 12.7. The molecule has 1 heterocycles. The van der Waals surface area contributed by atoms with Crippen molar-refractivity contribution in [2.24, 2.45) is 0 Å². The molecule has 0 spiro atoms. The first-order chi connectivity index (χ1) is 19.8.